The maximum absolute atomic E-state index is 12.1. The van der Waals surface area contributed by atoms with E-state index in [1.54, 1.807) is 12.1 Å². The monoisotopic (exact) mass is 354 g/mol. The number of amides is 1. The molecule has 5 heteroatoms. The molecule has 0 saturated heterocycles. The number of rotatable bonds is 8. The van der Waals surface area contributed by atoms with Crippen molar-refractivity contribution in [3.05, 3.63) is 65.2 Å². The summed E-state index contributed by atoms with van der Waals surface area (Å²) in [6, 6.07) is 15.1. The van der Waals surface area contributed by atoms with Crippen molar-refractivity contribution in [3.63, 3.8) is 0 Å². The van der Waals surface area contributed by atoms with E-state index in [4.69, 9.17) is 4.74 Å². The number of esters is 1. The molecule has 0 aliphatic heterocycles. The summed E-state index contributed by atoms with van der Waals surface area (Å²) < 4.78 is 5.09. The Balaban J connectivity index is 1.80. The summed E-state index contributed by atoms with van der Waals surface area (Å²) in [6.07, 6.45) is 0. The van der Waals surface area contributed by atoms with Crippen molar-refractivity contribution in [2.75, 3.05) is 24.6 Å². The second-order valence-electron chi connectivity index (χ2n) is 6.06. The molecule has 0 aromatic heterocycles. The van der Waals surface area contributed by atoms with Gasteiger partial charge in [0.25, 0.3) is 5.91 Å². The lowest BCUT2D eigenvalue weighted by Crippen LogP contribution is -2.28. The first-order valence-corrected chi connectivity index (χ1v) is 8.87. The quantitative estimate of drug-likeness (QED) is 0.739. The molecule has 0 saturated carbocycles. The number of ether oxygens (including phenoxy) is 1. The molecule has 1 amide bonds. The molecule has 26 heavy (non-hydrogen) atoms. The van der Waals surface area contributed by atoms with Gasteiger partial charge in [-0.2, -0.15) is 0 Å². The highest BCUT2D eigenvalue weighted by molar-refractivity contribution is 5.91. The van der Waals surface area contributed by atoms with Crippen LogP contribution in [-0.4, -0.2) is 31.6 Å². The number of carbonyl (C=O) groups excluding carboxylic acids is 2. The molecule has 2 aromatic carbocycles. The maximum Gasteiger partial charge on any atom is 0.338 e. The van der Waals surface area contributed by atoms with E-state index < -0.39 is 5.97 Å². The number of hydrogen-bond donors (Lipinski definition) is 1. The lowest BCUT2D eigenvalue weighted by Gasteiger charge is -2.20. The Kier molecular flexibility index (Phi) is 7.21. The highest BCUT2D eigenvalue weighted by atomic mass is 16.5. The van der Waals surface area contributed by atoms with Gasteiger partial charge in [0.2, 0.25) is 0 Å². The molecule has 2 aromatic rings. The summed E-state index contributed by atoms with van der Waals surface area (Å²) >= 11 is 0. The molecule has 0 fully saturated rings. The molecule has 138 valence electrons. The predicted molar refractivity (Wildman–Crippen MR) is 103 cm³/mol. The summed E-state index contributed by atoms with van der Waals surface area (Å²) in [5, 5.41) is 2.74. The highest BCUT2D eigenvalue weighted by Crippen LogP contribution is 2.15. The first kappa shape index (κ1) is 19.5. The smallest absolute Gasteiger partial charge is 0.338 e. The van der Waals surface area contributed by atoms with E-state index in [9.17, 15) is 9.59 Å². The molecule has 0 spiro atoms. The first-order valence-electron chi connectivity index (χ1n) is 8.87. The summed E-state index contributed by atoms with van der Waals surface area (Å²) in [5.41, 5.74) is 3.66. The zero-order valence-electron chi connectivity index (χ0n) is 15.6. The van der Waals surface area contributed by atoms with E-state index in [0.29, 0.717) is 12.1 Å². The molecule has 2 rings (SSSR count). The van der Waals surface area contributed by atoms with Crippen LogP contribution >= 0.6 is 0 Å². The third kappa shape index (κ3) is 5.62. The molecule has 5 nitrogen and oxygen atoms in total. The van der Waals surface area contributed by atoms with Gasteiger partial charge in [0.1, 0.15) is 0 Å². The number of nitrogens with one attached hydrogen (secondary N) is 1. The minimum Gasteiger partial charge on any atom is -0.452 e. The Hall–Kier alpha value is -2.82. The lowest BCUT2D eigenvalue weighted by molar-refractivity contribution is -0.124. The number of anilines is 1. The van der Waals surface area contributed by atoms with Crippen LogP contribution in [0, 0.1) is 6.92 Å². The normalized spacial score (nSPS) is 10.3. The minimum atomic E-state index is -0.499. The van der Waals surface area contributed by atoms with Gasteiger partial charge in [-0.25, -0.2) is 4.79 Å². The predicted octanol–water partition coefficient (Wildman–Crippen LogP) is 3.31. The van der Waals surface area contributed by atoms with Gasteiger partial charge >= 0.3 is 5.97 Å². The molecule has 0 aliphatic rings. The number of aryl methyl sites for hydroxylation is 1. The number of carbonyl (C=O) groups is 2. The molecular formula is C21H26N2O3. The fourth-order valence-electron chi connectivity index (χ4n) is 2.57. The topological polar surface area (TPSA) is 58.6 Å². The second kappa shape index (κ2) is 9.61. The van der Waals surface area contributed by atoms with Crippen LogP contribution < -0.4 is 10.2 Å². The largest absolute Gasteiger partial charge is 0.452 e. The van der Waals surface area contributed by atoms with Gasteiger partial charge in [-0.1, -0.05) is 29.8 Å². The summed E-state index contributed by atoms with van der Waals surface area (Å²) in [7, 11) is 0. The van der Waals surface area contributed by atoms with Crippen LogP contribution in [-0.2, 0) is 16.1 Å². The van der Waals surface area contributed by atoms with Gasteiger partial charge in [0.05, 0.1) is 5.56 Å². The Morgan fingerprint density at radius 1 is 0.962 bits per heavy atom. The molecular weight excluding hydrogens is 328 g/mol. The van der Waals surface area contributed by atoms with Crippen LogP contribution in [0.15, 0.2) is 48.5 Å². The Labute approximate surface area is 155 Å². The molecule has 0 radical (unpaired) electrons. The van der Waals surface area contributed by atoms with Crippen molar-refractivity contribution >= 4 is 17.6 Å². The van der Waals surface area contributed by atoms with Gasteiger partial charge in [-0.3, -0.25) is 4.79 Å². The standard InChI is InChI=1S/C21H26N2O3/c1-4-23(5-2)19-12-10-18(11-13-19)21(25)26-15-20(24)22-14-17-8-6-16(3)7-9-17/h6-13H,4-5,14-15H2,1-3H3,(H,22,24). The fourth-order valence-corrected chi connectivity index (χ4v) is 2.57. The lowest BCUT2D eigenvalue weighted by atomic mass is 10.1. The SMILES string of the molecule is CCN(CC)c1ccc(C(=O)OCC(=O)NCc2ccc(C)cc2)cc1. The van der Waals surface area contributed by atoms with E-state index in [0.717, 1.165) is 24.3 Å². The number of benzene rings is 2. The second-order valence-corrected chi connectivity index (χ2v) is 6.06. The Bertz CT molecular complexity index is 720. The van der Waals surface area contributed by atoms with E-state index >= 15 is 0 Å². The summed E-state index contributed by atoms with van der Waals surface area (Å²) in [4.78, 5) is 26.1. The van der Waals surface area contributed by atoms with E-state index in [2.05, 4.69) is 24.1 Å². The van der Waals surface area contributed by atoms with Crippen LogP contribution in [0.4, 0.5) is 5.69 Å². The van der Waals surface area contributed by atoms with Crippen molar-refractivity contribution in [1.82, 2.24) is 5.32 Å². The van der Waals surface area contributed by atoms with Gasteiger partial charge in [0, 0.05) is 25.3 Å². The van der Waals surface area contributed by atoms with Crippen LogP contribution in [0.25, 0.3) is 0 Å². The van der Waals surface area contributed by atoms with Crippen LogP contribution in [0.5, 0.6) is 0 Å². The van der Waals surface area contributed by atoms with Crippen molar-refractivity contribution < 1.29 is 14.3 Å². The third-order valence-corrected chi connectivity index (χ3v) is 4.18. The van der Waals surface area contributed by atoms with E-state index in [-0.39, 0.29) is 12.5 Å². The van der Waals surface area contributed by atoms with Gasteiger partial charge in [-0.15, -0.1) is 0 Å². The number of nitrogens with zero attached hydrogens (tertiary/aromatic N) is 1. The van der Waals surface area contributed by atoms with Crippen molar-refractivity contribution in [1.29, 1.82) is 0 Å². The average Bonchev–Trinajstić information content (AvgIpc) is 2.67. The van der Waals surface area contributed by atoms with Gasteiger partial charge in [-0.05, 0) is 50.6 Å². The van der Waals surface area contributed by atoms with Crippen molar-refractivity contribution in [2.45, 2.75) is 27.3 Å². The third-order valence-electron chi connectivity index (χ3n) is 4.18. The zero-order valence-corrected chi connectivity index (χ0v) is 15.6. The molecule has 0 heterocycles. The first-order chi connectivity index (χ1) is 12.5. The number of hydrogen-bond acceptors (Lipinski definition) is 4. The molecule has 0 atom stereocenters. The zero-order chi connectivity index (χ0) is 18.9. The summed E-state index contributed by atoms with van der Waals surface area (Å²) in [6.45, 7) is 8.11. The fraction of sp³-hybridized carbons (Fsp3) is 0.333. The minimum absolute atomic E-state index is 0.289. The van der Waals surface area contributed by atoms with Crippen molar-refractivity contribution in [2.24, 2.45) is 0 Å². The van der Waals surface area contributed by atoms with Crippen molar-refractivity contribution in [3.8, 4) is 0 Å². The van der Waals surface area contributed by atoms with Crippen LogP contribution in [0.1, 0.15) is 35.3 Å². The van der Waals surface area contributed by atoms with Gasteiger partial charge in [0.15, 0.2) is 6.61 Å². The van der Waals surface area contributed by atoms with E-state index in [1.807, 2.05) is 43.3 Å². The molecule has 0 bridgehead atoms. The van der Waals surface area contributed by atoms with Crippen LogP contribution in [0.2, 0.25) is 0 Å². The molecule has 0 unspecified atom stereocenters. The Morgan fingerprint density at radius 3 is 2.15 bits per heavy atom. The Morgan fingerprint density at radius 2 is 1.58 bits per heavy atom. The average molecular weight is 354 g/mol. The molecule has 1 N–H and O–H groups in total. The molecule has 0 aliphatic carbocycles. The highest BCUT2D eigenvalue weighted by Gasteiger charge is 2.11. The maximum atomic E-state index is 12.1. The van der Waals surface area contributed by atoms with Gasteiger partial charge < -0.3 is 15.0 Å². The van der Waals surface area contributed by atoms with Crippen LogP contribution in [0.3, 0.4) is 0 Å². The van der Waals surface area contributed by atoms with E-state index in [1.165, 1.54) is 5.56 Å². The summed E-state index contributed by atoms with van der Waals surface area (Å²) in [5.74, 6) is -0.819.